The maximum absolute atomic E-state index is 13.8. The first-order valence-corrected chi connectivity index (χ1v) is 13.6. The molecule has 4 rings (SSSR count). The van der Waals surface area contributed by atoms with Crippen molar-refractivity contribution in [2.75, 3.05) is 18.9 Å². The van der Waals surface area contributed by atoms with Gasteiger partial charge in [0.1, 0.15) is 18.4 Å². The van der Waals surface area contributed by atoms with E-state index in [1.807, 2.05) is 5.37 Å². The van der Waals surface area contributed by atoms with Gasteiger partial charge in [0.05, 0.1) is 5.56 Å². The predicted molar refractivity (Wildman–Crippen MR) is 132 cm³/mol. The Labute approximate surface area is 205 Å². The summed E-state index contributed by atoms with van der Waals surface area (Å²) in [6.07, 6.45) is 2.91. The van der Waals surface area contributed by atoms with Gasteiger partial charge in [-0.1, -0.05) is 31.3 Å². The first kappa shape index (κ1) is 25.5. The second-order valence-electron chi connectivity index (χ2n) is 8.96. The fraction of sp³-hybridized carbons (Fsp3) is 0.583. The summed E-state index contributed by atoms with van der Waals surface area (Å²) in [5.41, 5.74) is 4.94. The van der Waals surface area contributed by atoms with E-state index < -0.39 is 11.7 Å². The molecule has 1 aromatic carbocycles. The smallest absolute Gasteiger partial charge is 0.419 e. The van der Waals surface area contributed by atoms with Crippen LogP contribution in [0.15, 0.2) is 22.7 Å². The summed E-state index contributed by atoms with van der Waals surface area (Å²) in [4.78, 5) is 5.95. The molecule has 0 aliphatic carbocycles. The van der Waals surface area contributed by atoms with E-state index in [0.717, 1.165) is 18.2 Å². The summed E-state index contributed by atoms with van der Waals surface area (Å²) in [6, 6.07) is 3.49. The average molecular weight is 512 g/mol. The van der Waals surface area contributed by atoms with Crippen molar-refractivity contribution in [2.45, 2.75) is 69.3 Å². The van der Waals surface area contributed by atoms with Gasteiger partial charge in [-0.15, -0.1) is 0 Å². The Morgan fingerprint density at radius 1 is 1.34 bits per heavy atom. The number of nitrogens with zero attached hydrogens (tertiary/aromatic N) is 3. The minimum atomic E-state index is -4.59. The second-order valence-corrected chi connectivity index (χ2v) is 11.3. The van der Waals surface area contributed by atoms with Crippen LogP contribution in [0.25, 0.3) is 11.4 Å². The van der Waals surface area contributed by atoms with Gasteiger partial charge in [-0.3, -0.25) is 5.41 Å². The van der Waals surface area contributed by atoms with Crippen molar-refractivity contribution in [1.82, 2.24) is 15.0 Å². The SMILES string of the molecule is CCCCCC1CC/S1=C\COc1ccc(-c2noc([C@@H]3CCCN3C(=N)N)n2)cc1C(F)(F)F. The molecule has 2 unspecified atom stereocenters. The van der Waals surface area contributed by atoms with Crippen molar-refractivity contribution in [1.29, 1.82) is 5.41 Å². The molecule has 3 atom stereocenters. The summed E-state index contributed by atoms with van der Waals surface area (Å²) in [6.45, 7) is 2.93. The molecule has 0 amide bonds. The number of unbranched alkanes of at least 4 members (excludes halogenated alkanes) is 2. The van der Waals surface area contributed by atoms with Gasteiger partial charge in [0.2, 0.25) is 11.7 Å². The van der Waals surface area contributed by atoms with E-state index in [1.54, 1.807) is 4.90 Å². The third kappa shape index (κ3) is 5.99. The molecular formula is C24H32F3N5O2S. The van der Waals surface area contributed by atoms with Gasteiger partial charge < -0.3 is 19.9 Å². The van der Waals surface area contributed by atoms with Gasteiger partial charge >= 0.3 is 6.18 Å². The molecular weight excluding hydrogens is 479 g/mol. The van der Waals surface area contributed by atoms with Gasteiger partial charge in [0.15, 0.2) is 5.96 Å². The Kier molecular flexibility index (Phi) is 8.03. The van der Waals surface area contributed by atoms with Crippen molar-refractivity contribution in [2.24, 2.45) is 5.73 Å². The standard InChI is InChI=1S/C24H32F3N5O2S/c1-2-3-4-6-17-10-13-35(17)14-12-33-20-9-8-16(15-18(20)24(25,26)27)21-30-22(34-31-21)19-7-5-11-32(19)23(28)29/h8-9,14-15,17,19H,2-7,10-13H2,1H3,(H3,28,29)/t17?,19-,35?/m0/s1. The van der Waals surface area contributed by atoms with Gasteiger partial charge in [0.25, 0.3) is 0 Å². The van der Waals surface area contributed by atoms with Crippen molar-refractivity contribution in [3.63, 3.8) is 0 Å². The van der Waals surface area contributed by atoms with Crippen molar-refractivity contribution in [3.05, 3.63) is 29.7 Å². The van der Waals surface area contributed by atoms with Crippen LogP contribution in [-0.2, 0) is 6.18 Å². The van der Waals surface area contributed by atoms with Crippen LogP contribution in [0.2, 0.25) is 0 Å². The summed E-state index contributed by atoms with van der Waals surface area (Å²) >= 11 is 0. The lowest BCUT2D eigenvalue weighted by atomic mass is 10.1. The molecule has 3 N–H and O–H groups in total. The normalized spacial score (nSPS) is 22.4. The van der Waals surface area contributed by atoms with E-state index in [1.165, 1.54) is 44.2 Å². The van der Waals surface area contributed by atoms with Crippen LogP contribution in [0.4, 0.5) is 13.2 Å². The molecule has 0 radical (unpaired) electrons. The zero-order chi connectivity index (χ0) is 25.0. The minimum absolute atomic E-state index is 0.0601. The third-order valence-corrected chi connectivity index (χ3v) is 9.19. The summed E-state index contributed by atoms with van der Waals surface area (Å²) < 4.78 is 52.4. The Balaban J connectivity index is 1.47. The third-order valence-electron chi connectivity index (χ3n) is 6.59. The zero-order valence-corrected chi connectivity index (χ0v) is 20.6. The lowest BCUT2D eigenvalue weighted by molar-refractivity contribution is -0.138. The van der Waals surface area contributed by atoms with E-state index in [4.69, 9.17) is 20.4 Å². The minimum Gasteiger partial charge on any atom is -0.488 e. The Bertz CT molecular complexity index is 1070. The number of alkyl halides is 3. The number of likely N-dealkylation sites (tertiary alicyclic amines) is 1. The molecule has 0 spiro atoms. The molecule has 0 saturated carbocycles. The van der Waals surface area contributed by atoms with Gasteiger partial charge in [0, 0.05) is 17.4 Å². The monoisotopic (exact) mass is 511 g/mol. The zero-order valence-electron chi connectivity index (χ0n) is 19.8. The summed E-state index contributed by atoms with van der Waals surface area (Å²) in [5.74, 6) is 1.11. The van der Waals surface area contributed by atoms with Crippen molar-refractivity contribution < 1.29 is 22.4 Å². The summed E-state index contributed by atoms with van der Waals surface area (Å²) in [7, 11) is 0.130. The topological polar surface area (TPSA) is 101 Å². The van der Waals surface area contributed by atoms with Crippen LogP contribution in [0.3, 0.4) is 0 Å². The Morgan fingerprint density at radius 3 is 2.86 bits per heavy atom. The average Bonchev–Trinajstić information content (AvgIpc) is 3.48. The maximum atomic E-state index is 13.8. The largest absolute Gasteiger partial charge is 0.488 e. The van der Waals surface area contributed by atoms with E-state index >= 15 is 0 Å². The second kappa shape index (κ2) is 11.0. The predicted octanol–water partition coefficient (Wildman–Crippen LogP) is 5.59. The highest BCUT2D eigenvalue weighted by Crippen LogP contribution is 2.40. The first-order chi connectivity index (χ1) is 16.8. The van der Waals surface area contributed by atoms with Crippen LogP contribution in [0, 0.1) is 5.41 Å². The van der Waals surface area contributed by atoms with E-state index in [0.29, 0.717) is 18.2 Å². The lowest BCUT2D eigenvalue weighted by Crippen LogP contribution is -2.35. The lowest BCUT2D eigenvalue weighted by Gasteiger charge is -2.31. The molecule has 0 bridgehead atoms. The molecule has 35 heavy (non-hydrogen) atoms. The molecule has 1 aromatic heterocycles. The number of ether oxygens (including phenoxy) is 1. The molecule has 11 heteroatoms. The van der Waals surface area contributed by atoms with Crippen LogP contribution < -0.4 is 10.5 Å². The highest BCUT2D eigenvalue weighted by Gasteiger charge is 2.36. The molecule has 2 fully saturated rings. The van der Waals surface area contributed by atoms with Crippen LogP contribution in [0.1, 0.15) is 69.4 Å². The number of nitrogens with one attached hydrogen (secondary N) is 1. The summed E-state index contributed by atoms with van der Waals surface area (Å²) in [5, 5.41) is 14.3. The number of nitrogens with two attached hydrogens (primary N) is 1. The van der Waals surface area contributed by atoms with E-state index in [9.17, 15) is 13.2 Å². The molecule has 7 nitrogen and oxygen atoms in total. The first-order valence-electron chi connectivity index (χ1n) is 12.1. The van der Waals surface area contributed by atoms with Crippen molar-refractivity contribution >= 4 is 21.8 Å². The Morgan fingerprint density at radius 2 is 2.17 bits per heavy atom. The Hall–Kier alpha value is -2.56. The van der Waals surface area contributed by atoms with E-state index in [-0.39, 0.29) is 52.1 Å². The molecule has 3 heterocycles. The molecule has 2 aliphatic heterocycles. The van der Waals surface area contributed by atoms with Gasteiger partial charge in [-0.2, -0.15) is 28.6 Å². The highest BCUT2D eigenvalue weighted by molar-refractivity contribution is 8.16. The highest BCUT2D eigenvalue weighted by atomic mass is 32.2. The van der Waals surface area contributed by atoms with Crippen LogP contribution in [-0.4, -0.2) is 50.5 Å². The van der Waals surface area contributed by atoms with Crippen LogP contribution in [0.5, 0.6) is 5.75 Å². The van der Waals surface area contributed by atoms with Gasteiger partial charge in [-0.25, -0.2) is 0 Å². The molecule has 2 saturated heterocycles. The van der Waals surface area contributed by atoms with Gasteiger partial charge in [-0.05, 0) is 55.0 Å². The number of hydrogen-bond acceptors (Lipinski definition) is 5. The quantitative estimate of drug-likeness (QED) is 0.197. The number of guanidine groups is 1. The van der Waals surface area contributed by atoms with Crippen molar-refractivity contribution in [3.8, 4) is 17.1 Å². The number of aromatic nitrogens is 2. The number of rotatable bonds is 9. The van der Waals surface area contributed by atoms with E-state index in [2.05, 4.69) is 17.1 Å². The molecule has 2 aliphatic rings. The maximum Gasteiger partial charge on any atom is 0.419 e. The number of hydrogen-bond donors (Lipinski definition) is 2. The fourth-order valence-corrected chi connectivity index (χ4v) is 6.58. The number of halogens is 3. The molecule has 192 valence electrons. The van der Waals surface area contributed by atoms with Crippen LogP contribution >= 0.6 is 10.5 Å². The number of benzene rings is 1. The molecule has 2 aromatic rings. The fourth-order valence-electron chi connectivity index (χ4n) is 4.58.